The molecule has 0 spiro atoms. The minimum Gasteiger partial charge on any atom is -0.374 e. The molecular weight excluding hydrogens is 209 g/mol. The lowest BCUT2D eigenvalue weighted by molar-refractivity contribution is 0.0740. The zero-order chi connectivity index (χ0) is 11.1. The van der Waals surface area contributed by atoms with Gasteiger partial charge in [0.25, 0.3) is 0 Å². The maximum atomic E-state index is 13.4. The molecule has 0 radical (unpaired) electrons. The van der Waals surface area contributed by atoms with Crippen molar-refractivity contribution < 1.29 is 13.9 Å². The Kier molecular flexibility index (Phi) is 2.24. The van der Waals surface area contributed by atoms with Gasteiger partial charge >= 0.3 is 0 Å². The Bertz CT molecular complexity index is 435. The summed E-state index contributed by atoms with van der Waals surface area (Å²) in [5.74, 6) is -0.821. The van der Waals surface area contributed by atoms with Crippen LogP contribution in [0.15, 0.2) is 18.5 Å². The predicted molar refractivity (Wildman–Crippen MR) is 54.5 cm³/mol. The molecule has 0 aromatic carbocycles. The first-order valence-electron chi connectivity index (χ1n) is 5.55. The Morgan fingerprint density at radius 1 is 1.50 bits per heavy atom. The van der Waals surface area contributed by atoms with Crippen LogP contribution >= 0.6 is 0 Å². The zero-order valence-corrected chi connectivity index (χ0v) is 8.73. The Labute approximate surface area is 92.6 Å². The Balaban J connectivity index is 1.86. The summed E-state index contributed by atoms with van der Waals surface area (Å²) in [5, 5.41) is 0. The van der Waals surface area contributed by atoms with Gasteiger partial charge in [-0.2, -0.15) is 0 Å². The van der Waals surface area contributed by atoms with E-state index in [-0.39, 0.29) is 29.5 Å². The second-order valence-corrected chi connectivity index (χ2v) is 4.44. The molecule has 4 heteroatoms. The van der Waals surface area contributed by atoms with E-state index in [1.165, 1.54) is 12.3 Å². The van der Waals surface area contributed by atoms with Gasteiger partial charge in [-0.25, -0.2) is 4.39 Å². The number of halogens is 1. The van der Waals surface area contributed by atoms with Crippen molar-refractivity contribution in [3.05, 3.63) is 29.8 Å². The summed E-state index contributed by atoms with van der Waals surface area (Å²) in [5.41, 5.74) is 0.149. The monoisotopic (exact) mass is 221 g/mol. The molecule has 16 heavy (non-hydrogen) atoms. The fourth-order valence-corrected chi connectivity index (χ4v) is 2.69. The van der Waals surface area contributed by atoms with Crippen LogP contribution < -0.4 is 0 Å². The molecule has 1 aromatic heterocycles. The fourth-order valence-electron chi connectivity index (χ4n) is 2.69. The van der Waals surface area contributed by atoms with Crippen LogP contribution in [0.3, 0.4) is 0 Å². The highest BCUT2D eigenvalue weighted by molar-refractivity contribution is 5.98. The van der Waals surface area contributed by atoms with Gasteiger partial charge in [0, 0.05) is 6.20 Å². The van der Waals surface area contributed by atoms with Crippen molar-refractivity contribution in [2.24, 2.45) is 5.92 Å². The average molecular weight is 221 g/mol. The van der Waals surface area contributed by atoms with E-state index in [0.29, 0.717) is 0 Å². The molecule has 3 heterocycles. The molecule has 2 aliphatic heterocycles. The van der Waals surface area contributed by atoms with E-state index in [1.807, 2.05) is 0 Å². The summed E-state index contributed by atoms with van der Waals surface area (Å²) in [4.78, 5) is 15.8. The summed E-state index contributed by atoms with van der Waals surface area (Å²) < 4.78 is 19.0. The molecule has 0 aliphatic carbocycles. The average Bonchev–Trinajstić information content (AvgIpc) is 2.90. The number of hydrogen-bond donors (Lipinski definition) is 0. The number of fused-ring (bicyclic) bond motifs is 2. The molecule has 3 atom stereocenters. The van der Waals surface area contributed by atoms with E-state index in [9.17, 15) is 9.18 Å². The van der Waals surface area contributed by atoms with Crippen molar-refractivity contribution >= 4 is 5.78 Å². The number of aromatic nitrogens is 1. The molecule has 2 fully saturated rings. The van der Waals surface area contributed by atoms with Gasteiger partial charge < -0.3 is 4.74 Å². The molecule has 2 saturated heterocycles. The molecule has 2 aliphatic rings. The van der Waals surface area contributed by atoms with E-state index in [4.69, 9.17) is 4.74 Å². The van der Waals surface area contributed by atoms with Gasteiger partial charge in [0.05, 0.1) is 29.9 Å². The van der Waals surface area contributed by atoms with Crippen LogP contribution in [0.25, 0.3) is 0 Å². The number of carbonyl (C=O) groups excluding carboxylic acids is 1. The first kappa shape index (κ1) is 9.90. The number of hydrogen-bond acceptors (Lipinski definition) is 3. The third kappa shape index (κ3) is 1.45. The summed E-state index contributed by atoms with van der Waals surface area (Å²) in [6.07, 6.45) is 5.45. The number of carbonyl (C=O) groups is 1. The summed E-state index contributed by atoms with van der Waals surface area (Å²) in [6.45, 7) is 0. The number of ether oxygens (including phenoxy) is 1. The van der Waals surface area contributed by atoms with Gasteiger partial charge in [0.15, 0.2) is 11.6 Å². The Morgan fingerprint density at radius 3 is 3.00 bits per heavy atom. The van der Waals surface area contributed by atoms with E-state index >= 15 is 0 Å². The molecule has 1 aromatic rings. The van der Waals surface area contributed by atoms with Crippen molar-refractivity contribution in [3.63, 3.8) is 0 Å². The molecule has 84 valence electrons. The third-order valence-corrected chi connectivity index (χ3v) is 3.48. The number of Topliss-reactive ketones (excluding diaryl/α,β-unsaturated/α-hetero) is 1. The SMILES string of the molecule is O=C(c1ccncc1F)C1CC2CCC1O2. The van der Waals surface area contributed by atoms with Crippen molar-refractivity contribution in [1.82, 2.24) is 4.98 Å². The lowest BCUT2D eigenvalue weighted by atomic mass is 9.84. The van der Waals surface area contributed by atoms with Crippen LogP contribution in [-0.2, 0) is 4.74 Å². The summed E-state index contributed by atoms with van der Waals surface area (Å²) >= 11 is 0. The minimum absolute atomic E-state index is 0.00469. The largest absolute Gasteiger partial charge is 0.374 e. The maximum Gasteiger partial charge on any atom is 0.171 e. The third-order valence-electron chi connectivity index (χ3n) is 3.48. The van der Waals surface area contributed by atoms with Gasteiger partial charge in [-0.3, -0.25) is 9.78 Å². The number of pyridine rings is 1. The highest BCUT2D eigenvalue weighted by Crippen LogP contribution is 2.40. The van der Waals surface area contributed by atoms with Crippen molar-refractivity contribution in [1.29, 1.82) is 0 Å². The van der Waals surface area contributed by atoms with Crippen LogP contribution in [-0.4, -0.2) is 23.0 Å². The van der Waals surface area contributed by atoms with Crippen LogP contribution in [0.4, 0.5) is 4.39 Å². The smallest absolute Gasteiger partial charge is 0.171 e. The summed E-state index contributed by atoms with van der Waals surface area (Å²) in [7, 11) is 0. The molecular formula is C12H12FNO2. The highest BCUT2D eigenvalue weighted by Gasteiger charge is 2.44. The molecule has 2 bridgehead atoms. The van der Waals surface area contributed by atoms with E-state index in [2.05, 4.69) is 4.98 Å². The molecule has 0 N–H and O–H groups in total. The van der Waals surface area contributed by atoms with Gasteiger partial charge in [-0.1, -0.05) is 0 Å². The minimum atomic E-state index is -0.532. The zero-order valence-electron chi connectivity index (χ0n) is 8.73. The van der Waals surface area contributed by atoms with Crippen molar-refractivity contribution in [3.8, 4) is 0 Å². The van der Waals surface area contributed by atoms with Gasteiger partial charge in [0.2, 0.25) is 0 Å². The number of ketones is 1. The van der Waals surface area contributed by atoms with Crippen molar-refractivity contribution in [2.45, 2.75) is 31.5 Å². The van der Waals surface area contributed by atoms with E-state index in [0.717, 1.165) is 25.5 Å². The fraction of sp³-hybridized carbons (Fsp3) is 0.500. The maximum absolute atomic E-state index is 13.4. The molecule has 3 nitrogen and oxygen atoms in total. The van der Waals surface area contributed by atoms with E-state index in [1.54, 1.807) is 0 Å². The van der Waals surface area contributed by atoms with E-state index < -0.39 is 5.82 Å². The first-order chi connectivity index (χ1) is 7.75. The Morgan fingerprint density at radius 2 is 2.38 bits per heavy atom. The lowest BCUT2D eigenvalue weighted by Crippen LogP contribution is -2.26. The lowest BCUT2D eigenvalue weighted by Gasteiger charge is -2.17. The standard InChI is InChI=1S/C12H12FNO2/c13-10-6-14-4-3-8(10)12(15)9-5-7-1-2-11(9)16-7/h3-4,6-7,9,11H,1-2,5H2. The molecule has 3 unspecified atom stereocenters. The highest BCUT2D eigenvalue weighted by atomic mass is 19.1. The van der Waals surface area contributed by atoms with Crippen molar-refractivity contribution in [2.75, 3.05) is 0 Å². The second-order valence-electron chi connectivity index (χ2n) is 4.44. The van der Waals surface area contributed by atoms with Crippen LogP contribution in [0.5, 0.6) is 0 Å². The second kappa shape index (κ2) is 3.63. The Hall–Kier alpha value is -1.29. The normalized spacial score (nSPS) is 31.9. The van der Waals surface area contributed by atoms with Crippen LogP contribution in [0, 0.1) is 11.7 Å². The van der Waals surface area contributed by atoms with Crippen LogP contribution in [0.1, 0.15) is 29.6 Å². The predicted octanol–water partition coefficient (Wildman–Crippen LogP) is 1.97. The number of nitrogens with zero attached hydrogens (tertiary/aromatic N) is 1. The van der Waals surface area contributed by atoms with Gasteiger partial charge in [-0.15, -0.1) is 0 Å². The molecule has 0 saturated carbocycles. The quantitative estimate of drug-likeness (QED) is 0.717. The molecule has 0 amide bonds. The summed E-state index contributed by atoms with van der Waals surface area (Å²) in [6, 6.07) is 1.45. The van der Waals surface area contributed by atoms with Crippen LogP contribution in [0.2, 0.25) is 0 Å². The molecule has 3 rings (SSSR count). The number of rotatable bonds is 2. The topological polar surface area (TPSA) is 39.2 Å². The van der Waals surface area contributed by atoms with Gasteiger partial charge in [0.1, 0.15) is 0 Å². The van der Waals surface area contributed by atoms with Gasteiger partial charge in [-0.05, 0) is 25.3 Å². The first-order valence-corrected chi connectivity index (χ1v) is 5.55.